The number of fused-ring (bicyclic) bond motifs is 1. The molecule has 2 aromatic carbocycles. The van der Waals surface area contributed by atoms with Crippen LogP contribution >= 0.6 is 11.3 Å². The van der Waals surface area contributed by atoms with Gasteiger partial charge in [-0.3, -0.25) is 4.79 Å². The Balaban J connectivity index is 1.61. The van der Waals surface area contributed by atoms with E-state index < -0.39 is 0 Å². The fraction of sp³-hybridized carbons (Fsp3) is 0.150. The number of amides is 1. The highest BCUT2D eigenvalue weighted by atomic mass is 32.1. The van der Waals surface area contributed by atoms with E-state index in [1.807, 2.05) is 43.3 Å². The van der Waals surface area contributed by atoms with Gasteiger partial charge in [0, 0.05) is 16.6 Å². The van der Waals surface area contributed by atoms with E-state index in [4.69, 9.17) is 14.2 Å². The predicted octanol–water partition coefficient (Wildman–Crippen LogP) is 4.79. The number of ether oxygens (including phenoxy) is 3. The molecule has 1 aliphatic rings. The summed E-state index contributed by atoms with van der Waals surface area (Å²) in [7, 11) is 0. The first kappa shape index (κ1) is 16.5. The van der Waals surface area contributed by atoms with Crippen LogP contribution in [0.3, 0.4) is 0 Å². The molecule has 0 bridgehead atoms. The molecule has 0 spiro atoms. The lowest BCUT2D eigenvalue weighted by Crippen LogP contribution is -2.11. The summed E-state index contributed by atoms with van der Waals surface area (Å²) in [5, 5.41) is 2.91. The smallest absolute Gasteiger partial charge is 0.269 e. The monoisotopic (exact) mass is 367 g/mol. The molecule has 132 valence electrons. The fourth-order valence-electron chi connectivity index (χ4n) is 2.70. The SMILES string of the molecule is CCOc1cc(-c2ccccc2)sc1C(=O)Nc1ccc2c(c1)OCO2. The third kappa shape index (κ3) is 3.23. The van der Waals surface area contributed by atoms with Gasteiger partial charge >= 0.3 is 0 Å². The first-order chi connectivity index (χ1) is 12.7. The van der Waals surface area contributed by atoms with Crippen LogP contribution in [-0.2, 0) is 0 Å². The standard InChI is InChI=1S/C20H17NO4S/c1-2-23-17-11-18(13-6-4-3-5-7-13)26-19(17)20(22)21-14-8-9-15-16(10-14)25-12-24-15/h3-11H,2,12H2,1H3,(H,21,22). The van der Waals surface area contributed by atoms with Crippen molar-refractivity contribution in [3.63, 3.8) is 0 Å². The van der Waals surface area contributed by atoms with Crippen molar-refractivity contribution in [2.75, 3.05) is 18.7 Å². The zero-order chi connectivity index (χ0) is 17.9. The first-order valence-corrected chi connectivity index (χ1v) is 9.09. The van der Waals surface area contributed by atoms with Gasteiger partial charge in [0.1, 0.15) is 10.6 Å². The quantitative estimate of drug-likeness (QED) is 0.704. The van der Waals surface area contributed by atoms with Crippen LogP contribution in [0.4, 0.5) is 5.69 Å². The minimum atomic E-state index is -0.209. The Kier molecular flexibility index (Phi) is 4.50. The van der Waals surface area contributed by atoms with Crippen molar-refractivity contribution in [1.29, 1.82) is 0 Å². The molecular weight excluding hydrogens is 350 g/mol. The second-order valence-corrected chi connectivity index (χ2v) is 6.68. The molecule has 3 aromatic rings. The van der Waals surface area contributed by atoms with Crippen molar-refractivity contribution in [3.8, 4) is 27.7 Å². The average molecular weight is 367 g/mol. The highest BCUT2D eigenvalue weighted by Gasteiger charge is 2.20. The number of nitrogens with one attached hydrogen (secondary N) is 1. The summed E-state index contributed by atoms with van der Waals surface area (Å²) in [5.74, 6) is 1.69. The van der Waals surface area contributed by atoms with Gasteiger partial charge in [0.2, 0.25) is 6.79 Å². The maximum absolute atomic E-state index is 12.8. The predicted molar refractivity (Wildman–Crippen MR) is 101 cm³/mol. The molecule has 6 heteroatoms. The highest BCUT2D eigenvalue weighted by Crippen LogP contribution is 2.38. The van der Waals surface area contributed by atoms with Crippen LogP contribution < -0.4 is 19.5 Å². The lowest BCUT2D eigenvalue weighted by atomic mass is 10.2. The summed E-state index contributed by atoms with van der Waals surface area (Å²) in [6, 6.07) is 17.2. The van der Waals surface area contributed by atoms with Crippen LogP contribution in [0.25, 0.3) is 10.4 Å². The molecule has 4 rings (SSSR count). The summed E-state index contributed by atoms with van der Waals surface area (Å²) in [4.78, 5) is 14.3. The highest BCUT2D eigenvalue weighted by molar-refractivity contribution is 7.17. The van der Waals surface area contributed by atoms with Gasteiger partial charge in [0.05, 0.1) is 6.61 Å². The van der Waals surface area contributed by atoms with Crippen LogP contribution in [0.5, 0.6) is 17.2 Å². The van der Waals surface area contributed by atoms with Crippen molar-refractivity contribution in [1.82, 2.24) is 0 Å². The number of rotatable bonds is 5. The first-order valence-electron chi connectivity index (χ1n) is 8.27. The summed E-state index contributed by atoms with van der Waals surface area (Å²) in [5.41, 5.74) is 1.71. The molecule has 1 N–H and O–H groups in total. The van der Waals surface area contributed by atoms with E-state index >= 15 is 0 Å². The molecule has 0 radical (unpaired) electrons. The maximum Gasteiger partial charge on any atom is 0.269 e. The maximum atomic E-state index is 12.8. The lowest BCUT2D eigenvalue weighted by molar-refractivity contribution is 0.102. The Morgan fingerprint density at radius 3 is 2.73 bits per heavy atom. The molecule has 0 unspecified atom stereocenters. The van der Waals surface area contributed by atoms with Gasteiger partial charge in [0.15, 0.2) is 11.5 Å². The number of thiophene rings is 1. The molecule has 2 heterocycles. The number of hydrogen-bond donors (Lipinski definition) is 1. The van der Waals surface area contributed by atoms with E-state index in [2.05, 4.69) is 5.32 Å². The van der Waals surface area contributed by atoms with Crippen molar-refractivity contribution in [2.45, 2.75) is 6.92 Å². The Morgan fingerprint density at radius 2 is 1.92 bits per heavy atom. The van der Waals surface area contributed by atoms with Gasteiger partial charge in [-0.25, -0.2) is 0 Å². The molecule has 1 aromatic heterocycles. The number of hydrogen-bond acceptors (Lipinski definition) is 5. The Morgan fingerprint density at radius 1 is 1.12 bits per heavy atom. The number of benzene rings is 2. The number of carbonyl (C=O) groups is 1. The Labute approximate surface area is 155 Å². The van der Waals surface area contributed by atoms with Crippen LogP contribution in [0, 0.1) is 0 Å². The fourth-order valence-corrected chi connectivity index (χ4v) is 3.70. The lowest BCUT2D eigenvalue weighted by Gasteiger charge is -2.07. The normalized spacial score (nSPS) is 12.0. The van der Waals surface area contributed by atoms with E-state index in [-0.39, 0.29) is 12.7 Å². The summed E-state index contributed by atoms with van der Waals surface area (Å²) < 4.78 is 16.3. The summed E-state index contributed by atoms with van der Waals surface area (Å²) in [6.07, 6.45) is 0. The number of anilines is 1. The van der Waals surface area contributed by atoms with Gasteiger partial charge in [-0.05, 0) is 30.7 Å². The average Bonchev–Trinajstić information content (AvgIpc) is 3.29. The molecule has 0 aliphatic carbocycles. The second-order valence-electron chi connectivity index (χ2n) is 5.63. The van der Waals surface area contributed by atoms with Gasteiger partial charge < -0.3 is 19.5 Å². The number of carbonyl (C=O) groups excluding carboxylic acids is 1. The molecule has 1 amide bonds. The minimum Gasteiger partial charge on any atom is -0.492 e. The van der Waals surface area contributed by atoms with Crippen molar-refractivity contribution < 1.29 is 19.0 Å². The Bertz CT molecular complexity index is 936. The van der Waals surface area contributed by atoms with E-state index in [1.165, 1.54) is 11.3 Å². The largest absolute Gasteiger partial charge is 0.492 e. The van der Waals surface area contributed by atoms with Crippen LogP contribution in [0.2, 0.25) is 0 Å². The summed E-state index contributed by atoms with van der Waals surface area (Å²) in [6.45, 7) is 2.60. The zero-order valence-electron chi connectivity index (χ0n) is 14.2. The van der Waals surface area contributed by atoms with Crippen molar-refractivity contribution in [2.24, 2.45) is 0 Å². The van der Waals surface area contributed by atoms with Crippen LogP contribution in [0.15, 0.2) is 54.6 Å². The van der Waals surface area contributed by atoms with Crippen molar-refractivity contribution >= 4 is 22.9 Å². The van der Waals surface area contributed by atoms with Gasteiger partial charge in [-0.15, -0.1) is 11.3 Å². The van der Waals surface area contributed by atoms with E-state index in [0.717, 1.165) is 10.4 Å². The topological polar surface area (TPSA) is 56.8 Å². The molecule has 0 fully saturated rings. The summed E-state index contributed by atoms with van der Waals surface area (Å²) >= 11 is 1.41. The van der Waals surface area contributed by atoms with E-state index in [0.29, 0.717) is 34.4 Å². The van der Waals surface area contributed by atoms with Crippen LogP contribution in [-0.4, -0.2) is 19.3 Å². The van der Waals surface area contributed by atoms with E-state index in [9.17, 15) is 4.79 Å². The second kappa shape index (κ2) is 7.09. The Hall–Kier alpha value is -2.99. The third-order valence-corrected chi connectivity index (χ3v) is 5.06. The molecule has 0 saturated carbocycles. The molecule has 0 atom stereocenters. The van der Waals surface area contributed by atoms with Crippen LogP contribution in [0.1, 0.15) is 16.6 Å². The van der Waals surface area contributed by atoms with Gasteiger partial charge in [0.25, 0.3) is 5.91 Å². The molecule has 5 nitrogen and oxygen atoms in total. The van der Waals surface area contributed by atoms with Crippen molar-refractivity contribution in [3.05, 3.63) is 59.5 Å². The molecule has 0 saturated heterocycles. The third-order valence-electron chi connectivity index (χ3n) is 3.89. The minimum absolute atomic E-state index is 0.201. The molecular formula is C20H17NO4S. The van der Waals surface area contributed by atoms with Gasteiger partial charge in [-0.2, -0.15) is 0 Å². The van der Waals surface area contributed by atoms with E-state index in [1.54, 1.807) is 18.2 Å². The molecule has 26 heavy (non-hydrogen) atoms. The van der Waals surface area contributed by atoms with Gasteiger partial charge in [-0.1, -0.05) is 30.3 Å². The molecule has 1 aliphatic heterocycles. The zero-order valence-corrected chi connectivity index (χ0v) is 15.0.